The molecule has 0 fully saturated rings. The first-order valence-electron chi connectivity index (χ1n) is 4.23. The van der Waals surface area contributed by atoms with Crippen molar-refractivity contribution in [1.29, 1.82) is 0 Å². The molecule has 2 aromatic heterocycles. The first kappa shape index (κ1) is 9.93. The summed E-state index contributed by atoms with van der Waals surface area (Å²) < 4.78 is 0. The molecule has 0 spiro atoms. The van der Waals surface area contributed by atoms with E-state index in [-0.39, 0.29) is 0 Å². The van der Waals surface area contributed by atoms with Crippen molar-refractivity contribution in [3.8, 4) is 0 Å². The van der Waals surface area contributed by atoms with Gasteiger partial charge in [-0.15, -0.1) is 0 Å². The van der Waals surface area contributed by atoms with Gasteiger partial charge in [-0.2, -0.15) is 0 Å². The molecule has 0 aromatic carbocycles. The van der Waals surface area contributed by atoms with Crippen LogP contribution in [0.3, 0.4) is 0 Å². The van der Waals surface area contributed by atoms with Crippen LogP contribution in [0.25, 0.3) is 11.0 Å². The van der Waals surface area contributed by atoms with Gasteiger partial charge in [-0.05, 0) is 24.3 Å². The van der Waals surface area contributed by atoms with E-state index in [0.29, 0.717) is 5.15 Å². The third-order valence-electron chi connectivity index (χ3n) is 1.42. The summed E-state index contributed by atoms with van der Waals surface area (Å²) in [5.74, 6) is 0. The standard InChI is InChI=1S/C8H5ClN2.C2H6/c9-8-4-3-6-7(11-8)2-1-5-10-6;1-2/h1-5H;1-2H3. The maximum atomic E-state index is 5.68. The summed E-state index contributed by atoms with van der Waals surface area (Å²) in [4.78, 5) is 8.18. The lowest BCUT2D eigenvalue weighted by Crippen LogP contribution is -1.80. The van der Waals surface area contributed by atoms with Gasteiger partial charge in [0.25, 0.3) is 0 Å². The minimum Gasteiger partial charge on any atom is -0.255 e. The van der Waals surface area contributed by atoms with Gasteiger partial charge in [0.1, 0.15) is 5.15 Å². The van der Waals surface area contributed by atoms with Crippen LogP contribution in [0.1, 0.15) is 13.8 Å². The Labute approximate surface area is 82.6 Å². The van der Waals surface area contributed by atoms with Crippen molar-refractivity contribution in [2.75, 3.05) is 0 Å². The number of rotatable bonds is 0. The number of halogens is 1. The molecule has 2 aromatic rings. The molecule has 0 aliphatic heterocycles. The van der Waals surface area contributed by atoms with Crippen LogP contribution >= 0.6 is 11.6 Å². The Kier molecular flexibility index (Phi) is 3.65. The van der Waals surface area contributed by atoms with Crippen molar-refractivity contribution in [2.24, 2.45) is 0 Å². The third kappa shape index (κ3) is 2.39. The van der Waals surface area contributed by atoms with Crippen molar-refractivity contribution in [2.45, 2.75) is 13.8 Å². The molecule has 68 valence electrons. The summed E-state index contributed by atoms with van der Waals surface area (Å²) in [7, 11) is 0. The Balaban J connectivity index is 0.000000396. The highest BCUT2D eigenvalue weighted by Gasteiger charge is 1.93. The molecular weight excluding hydrogens is 184 g/mol. The van der Waals surface area contributed by atoms with Crippen molar-refractivity contribution in [3.05, 3.63) is 35.6 Å². The maximum absolute atomic E-state index is 5.68. The number of nitrogens with zero attached hydrogens (tertiary/aromatic N) is 2. The summed E-state index contributed by atoms with van der Waals surface area (Å²) in [6.45, 7) is 4.00. The normalized spacial score (nSPS) is 9.15. The number of fused-ring (bicyclic) bond motifs is 1. The Morgan fingerprint density at radius 2 is 1.85 bits per heavy atom. The van der Waals surface area contributed by atoms with Crippen LogP contribution in [0.5, 0.6) is 0 Å². The molecule has 13 heavy (non-hydrogen) atoms. The quantitative estimate of drug-likeness (QED) is 0.602. The minimum absolute atomic E-state index is 0.505. The van der Waals surface area contributed by atoms with Gasteiger partial charge in [0.15, 0.2) is 0 Å². The predicted octanol–water partition coefficient (Wildman–Crippen LogP) is 3.31. The van der Waals surface area contributed by atoms with Crippen molar-refractivity contribution < 1.29 is 0 Å². The zero-order valence-electron chi connectivity index (χ0n) is 7.66. The van der Waals surface area contributed by atoms with Gasteiger partial charge in [0.2, 0.25) is 0 Å². The highest BCUT2D eigenvalue weighted by atomic mass is 35.5. The first-order chi connectivity index (χ1) is 6.36. The van der Waals surface area contributed by atoms with Crippen LogP contribution in [0, 0.1) is 0 Å². The molecule has 0 bridgehead atoms. The summed E-state index contributed by atoms with van der Waals surface area (Å²) in [5, 5.41) is 0.505. The van der Waals surface area contributed by atoms with E-state index in [4.69, 9.17) is 11.6 Å². The Morgan fingerprint density at radius 3 is 2.62 bits per heavy atom. The van der Waals surface area contributed by atoms with Crippen molar-refractivity contribution in [1.82, 2.24) is 9.97 Å². The van der Waals surface area contributed by atoms with E-state index in [1.165, 1.54) is 0 Å². The summed E-state index contributed by atoms with van der Waals surface area (Å²) in [6, 6.07) is 7.31. The van der Waals surface area contributed by atoms with Crippen LogP contribution in [0.4, 0.5) is 0 Å². The van der Waals surface area contributed by atoms with Gasteiger partial charge < -0.3 is 0 Å². The van der Waals surface area contributed by atoms with E-state index in [1.807, 2.05) is 32.0 Å². The van der Waals surface area contributed by atoms with E-state index < -0.39 is 0 Å². The first-order valence-corrected chi connectivity index (χ1v) is 4.61. The van der Waals surface area contributed by atoms with Crippen LogP contribution in [0.15, 0.2) is 30.5 Å². The lowest BCUT2D eigenvalue weighted by molar-refractivity contribution is 1.34. The highest BCUT2D eigenvalue weighted by Crippen LogP contribution is 2.11. The van der Waals surface area contributed by atoms with E-state index in [1.54, 1.807) is 12.3 Å². The second-order valence-corrected chi connectivity index (χ2v) is 2.56. The molecule has 2 heterocycles. The molecule has 2 nitrogen and oxygen atoms in total. The fraction of sp³-hybridized carbons (Fsp3) is 0.200. The molecule has 0 unspecified atom stereocenters. The largest absolute Gasteiger partial charge is 0.255 e. The average molecular weight is 195 g/mol. The summed E-state index contributed by atoms with van der Waals surface area (Å²) in [5.41, 5.74) is 1.71. The predicted molar refractivity (Wildman–Crippen MR) is 55.9 cm³/mol. The second-order valence-electron chi connectivity index (χ2n) is 2.18. The lowest BCUT2D eigenvalue weighted by Gasteiger charge is -1.93. The monoisotopic (exact) mass is 194 g/mol. The topological polar surface area (TPSA) is 25.8 Å². The van der Waals surface area contributed by atoms with E-state index in [9.17, 15) is 0 Å². The van der Waals surface area contributed by atoms with Crippen LogP contribution in [0.2, 0.25) is 5.15 Å². The van der Waals surface area contributed by atoms with Gasteiger partial charge in [0, 0.05) is 6.20 Å². The molecule has 0 N–H and O–H groups in total. The number of hydrogen-bond acceptors (Lipinski definition) is 2. The molecule has 0 saturated heterocycles. The third-order valence-corrected chi connectivity index (χ3v) is 1.63. The lowest BCUT2D eigenvalue weighted by atomic mass is 10.3. The fourth-order valence-corrected chi connectivity index (χ4v) is 1.09. The summed E-state index contributed by atoms with van der Waals surface area (Å²) in [6.07, 6.45) is 1.73. The van der Waals surface area contributed by atoms with Gasteiger partial charge in [-0.25, -0.2) is 4.98 Å². The highest BCUT2D eigenvalue weighted by molar-refractivity contribution is 6.29. The molecule has 0 atom stereocenters. The minimum atomic E-state index is 0.505. The molecule has 0 amide bonds. The number of aromatic nitrogens is 2. The molecule has 0 saturated carbocycles. The Bertz CT molecular complexity index is 387. The zero-order valence-corrected chi connectivity index (χ0v) is 8.42. The van der Waals surface area contributed by atoms with E-state index in [0.717, 1.165) is 11.0 Å². The van der Waals surface area contributed by atoms with Crippen molar-refractivity contribution >= 4 is 22.6 Å². The average Bonchev–Trinajstić information content (AvgIpc) is 2.21. The number of pyridine rings is 2. The zero-order chi connectivity index (χ0) is 9.68. The second kappa shape index (κ2) is 4.77. The molecule has 0 aliphatic rings. The Morgan fingerprint density at radius 1 is 1.08 bits per heavy atom. The number of hydrogen-bond donors (Lipinski definition) is 0. The molecule has 0 aliphatic carbocycles. The SMILES string of the molecule is CC.Clc1ccc2ncccc2n1. The van der Waals surface area contributed by atoms with Crippen LogP contribution in [-0.2, 0) is 0 Å². The molecular formula is C10H11ClN2. The smallest absolute Gasteiger partial charge is 0.129 e. The molecule has 0 radical (unpaired) electrons. The van der Waals surface area contributed by atoms with Gasteiger partial charge in [-0.1, -0.05) is 25.4 Å². The van der Waals surface area contributed by atoms with Gasteiger partial charge in [-0.3, -0.25) is 4.98 Å². The molecule has 3 heteroatoms. The van der Waals surface area contributed by atoms with Crippen LogP contribution in [-0.4, -0.2) is 9.97 Å². The van der Waals surface area contributed by atoms with Gasteiger partial charge in [0.05, 0.1) is 11.0 Å². The van der Waals surface area contributed by atoms with E-state index in [2.05, 4.69) is 9.97 Å². The fourth-order valence-electron chi connectivity index (χ4n) is 0.932. The maximum Gasteiger partial charge on any atom is 0.129 e. The van der Waals surface area contributed by atoms with Crippen molar-refractivity contribution in [3.63, 3.8) is 0 Å². The van der Waals surface area contributed by atoms with Crippen LogP contribution < -0.4 is 0 Å². The van der Waals surface area contributed by atoms with E-state index >= 15 is 0 Å². The van der Waals surface area contributed by atoms with Gasteiger partial charge >= 0.3 is 0 Å². The Hall–Kier alpha value is -1.15. The molecule has 2 rings (SSSR count). The summed E-state index contributed by atoms with van der Waals surface area (Å²) >= 11 is 5.68.